The highest BCUT2D eigenvalue weighted by Gasteiger charge is 2.51. The molecule has 0 aliphatic carbocycles. The molecule has 106 valence electrons. The molecule has 2 aliphatic rings. The Hall–Kier alpha value is -1.95. The van der Waals surface area contributed by atoms with E-state index in [4.69, 9.17) is 4.74 Å². The Labute approximate surface area is 115 Å². The second-order valence-corrected chi connectivity index (χ2v) is 5.18. The second kappa shape index (κ2) is 4.56. The number of carbonyl (C=O) groups excluding carboxylic acids is 2. The molecule has 0 radical (unpaired) electrons. The molecule has 2 aliphatic heterocycles. The summed E-state index contributed by atoms with van der Waals surface area (Å²) in [5.74, 6) is -0.725. The third-order valence-corrected chi connectivity index (χ3v) is 3.68. The van der Waals surface area contributed by atoms with Crippen molar-refractivity contribution in [2.24, 2.45) is 0 Å². The van der Waals surface area contributed by atoms with E-state index in [1.54, 1.807) is 6.92 Å². The molecule has 0 bridgehead atoms. The Bertz CT molecular complexity index is 560. The predicted octanol–water partition coefficient (Wildman–Crippen LogP) is 1.77. The number of imide groups is 1. The zero-order valence-corrected chi connectivity index (χ0v) is 11.2. The van der Waals surface area contributed by atoms with Crippen LogP contribution in [-0.2, 0) is 9.53 Å². The minimum atomic E-state index is -0.594. The van der Waals surface area contributed by atoms with E-state index in [2.05, 4.69) is 0 Å². The summed E-state index contributed by atoms with van der Waals surface area (Å²) < 4.78 is 18.6. The van der Waals surface area contributed by atoms with Crippen LogP contribution in [0.1, 0.15) is 13.8 Å². The third kappa shape index (κ3) is 1.87. The van der Waals surface area contributed by atoms with E-state index in [-0.39, 0.29) is 24.1 Å². The molecule has 2 saturated heterocycles. The number of fused-ring (bicyclic) bond motifs is 1. The summed E-state index contributed by atoms with van der Waals surface area (Å²) in [6.07, 6.45) is -0.452. The number of amides is 3. The van der Waals surface area contributed by atoms with Gasteiger partial charge in [0.05, 0.1) is 17.9 Å². The van der Waals surface area contributed by atoms with Gasteiger partial charge < -0.3 is 9.64 Å². The lowest BCUT2D eigenvalue weighted by Gasteiger charge is -2.35. The van der Waals surface area contributed by atoms with Crippen LogP contribution in [0.25, 0.3) is 0 Å². The highest BCUT2D eigenvalue weighted by atomic mass is 19.1. The lowest BCUT2D eigenvalue weighted by Crippen LogP contribution is -2.53. The largest absolute Gasteiger partial charge is 0.371 e. The first-order chi connectivity index (χ1) is 9.49. The molecule has 2 fully saturated rings. The second-order valence-electron chi connectivity index (χ2n) is 5.18. The number of hydrogen-bond acceptors (Lipinski definition) is 3. The Kier molecular flexibility index (Phi) is 2.97. The number of ether oxygens (including phenoxy) is 1. The lowest BCUT2D eigenvalue weighted by atomic mass is 10.1. The smallest absolute Gasteiger partial charge is 0.332 e. The van der Waals surface area contributed by atoms with Gasteiger partial charge in [-0.2, -0.15) is 0 Å². The minimum Gasteiger partial charge on any atom is -0.371 e. The van der Waals surface area contributed by atoms with E-state index in [0.29, 0.717) is 12.2 Å². The summed E-state index contributed by atoms with van der Waals surface area (Å²) in [7, 11) is 0. The van der Waals surface area contributed by atoms with Crippen LogP contribution >= 0.6 is 0 Å². The van der Waals surface area contributed by atoms with Gasteiger partial charge in [0.15, 0.2) is 0 Å². The summed E-state index contributed by atoms with van der Waals surface area (Å²) in [6, 6.07) is 4.36. The first-order valence-corrected chi connectivity index (χ1v) is 6.54. The summed E-state index contributed by atoms with van der Waals surface area (Å²) in [5.41, 5.74) is 0.385. The van der Waals surface area contributed by atoms with Crippen LogP contribution in [0.5, 0.6) is 0 Å². The van der Waals surface area contributed by atoms with Gasteiger partial charge in [0.1, 0.15) is 11.9 Å². The van der Waals surface area contributed by atoms with E-state index >= 15 is 0 Å². The molecular formula is C14H15FN2O3. The number of carbonyl (C=O) groups is 2. The van der Waals surface area contributed by atoms with Gasteiger partial charge >= 0.3 is 6.03 Å². The van der Waals surface area contributed by atoms with Gasteiger partial charge in [-0.25, -0.2) is 14.1 Å². The predicted molar refractivity (Wildman–Crippen MR) is 69.8 cm³/mol. The Balaban J connectivity index is 1.96. The van der Waals surface area contributed by atoms with Gasteiger partial charge in [-0.05, 0) is 38.1 Å². The van der Waals surface area contributed by atoms with Gasteiger partial charge in [0.25, 0.3) is 5.91 Å². The maximum absolute atomic E-state index is 13.0. The van der Waals surface area contributed by atoms with Crippen molar-refractivity contribution < 1.29 is 18.7 Å². The fourth-order valence-corrected chi connectivity index (χ4v) is 2.84. The molecule has 3 unspecified atom stereocenters. The fraction of sp³-hybridized carbons (Fsp3) is 0.429. The van der Waals surface area contributed by atoms with Crippen molar-refractivity contribution in [3.05, 3.63) is 30.1 Å². The summed E-state index contributed by atoms with van der Waals surface area (Å²) in [6.45, 7) is 4.04. The van der Waals surface area contributed by atoms with Gasteiger partial charge in [-0.3, -0.25) is 4.79 Å². The van der Waals surface area contributed by atoms with Crippen molar-refractivity contribution in [2.75, 3.05) is 11.4 Å². The van der Waals surface area contributed by atoms with Gasteiger partial charge in [-0.15, -0.1) is 0 Å². The molecule has 0 saturated carbocycles. The highest BCUT2D eigenvalue weighted by molar-refractivity contribution is 6.21. The van der Waals surface area contributed by atoms with Crippen LogP contribution < -0.4 is 4.90 Å². The third-order valence-electron chi connectivity index (χ3n) is 3.68. The monoisotopic (exact) mass is 278 g/mol. The lowest BCUT2D eigenvalue weighted by molar-refractivity contribution is -0.132. The number of hydrogen-bond donors (Lipinski definition) is 0. The first-order valence-electron chi connectivity index (χ1n) is 6.54. The highest BCUT2D eigenvalue weighted by Crippen LogP contribution is 2.31. The molecule has 3 rings (SSSR count). The van der Waals surface area contributed by atoms with Crippen LogP contribution in [0, 0.1) is 5.82 Å². The fourth-order valence-electron chi connectivity index (χ4n) is 2.84. The number of benzene rings is 1. The maximum atomic E-state index is 13.0. The minimum absolute atomic E-state index is 0.105. The molecule has 3 amide bonds. The molecule has 0 aromatic heterocycles. The van der Waals surface area contributed by atoms with Gasteiger partial charge in [0.2, 0.25) is 0 Å². The van der Waals surface area contributed by atoms with Crippen LogP contribution in [-0.4, -0.2) is 41.6 Å². The molecule has 3 atom stereocenters. The molecule has 5 nitrogen and oxygen atoms in total. The zero-order chi connectivity index (χ0) is 14.4. The van der Waals surface area contributed by atoms with Crippen LogP contribution in [0.2, 0.25) is 0 Å². The molecule has 0 spiro atoms. The summed E-state index contributed by atoms with van der Waals surface area (Å²) in [5, 5.41) is 0. The number of urea groups is 1. The topological polar surface area (TPSA) is 49.9 Å². The van der Waals surface area contributed by atoms with Crippen molar-refractivity contribution in [3.63, 3.8) is 0 Å². The average Bonchev–Trinajstić information content (AvgIpc) is 2.63. The number of morpholine rings is 1. The van der Waals surface area contributed by atoms with Crippen molar-refractivity contribution in [1.29, 1.82) is 0 Å². The van der Waals surface area contributed by atoms with Crippen molar-refractivity contribution >= 4 is 17.6 Å². The van der Waals surface area contributed by atoms with Crippen molar-refractivity contribution in [2.45, 2.75) is 32.1 Å². The van der Waals surface area contributed by atoms with E-state index in [9.17, 15) is 14.0 Å². The van der Waals surface area contributed by atoms with Crippen molar-refractivity contribution in [3.8, 4) is 0 Å². The van der Waals surface area contributed by atoms with Crippen LogP contribution in [0.4, 0.5) is 14.9 Å². The van der Waals surface area contributed by atoms with Crippen LogP contribution in [0.15, 0.2) is 24.3 Å². The molecule has 1 aromatic carbocycles. The SMILES string of the molecule is CC1CN2C(=O)N(c3ccc(F)cc3)C(=O)C2C(C)O1. The Morgan fingerprint density at radius 2 is 1.85 bits per heavy atom. The van der Waals surface area contributed by atoms with Gasteiger partial charge in [-0.1, -0.05) is 0 Å². The normalized spacial score (nSPS) is 29.9. The van der Waals surface area contributed by atoms with Gasteiger partial charge in [0, 0.05) is 6.54 Å². The quantitative estimate of drug-likeness (QED) is 0.736. The molecule has 1 aromatic rings. The zero-order valence-electron chi connectivity index (χ0n) is 11.2. The molecule has 6 heteroatoms. The Morgan fingerprint density at radius 1 is 1.20 bits per heavy atom. The van der Waals surface area contributed by atoms with Crippen molar-refractivity contribution in [1.82, 2.24) is 4.90 Å². The van der Waals surface area contributed by atoms with E-state index in [1.165, 1.54) is 29.2 Å². The number of halogens is 1. The number of rotatable bonds is 1. The molecular weight excluding hydrogens is 263 g/mol. The molecule has 0 N–H and O–H groups in total. The average molecular weight is 278 g/mol. The summed E-state index contributed by atoms with van der Waals surface area (Å²) in [4.78, 5) is 27.5. The van der Waals surface area contributed by atoms with E-state index < -0.39 is 11.9 Å². The van der Waals surface area contributed by atoms with E-state index in [0.717, 1.165) is 4.90 Å². The maximum Gasteiger partial charge on any atom is 0.332 e. The molecule has 2 heterocycles. The molecule has 20 heavy (non-hydrogen) atoms. The van der Waals surface area contributed by atoms with E-state index in [1.807, 2.05) is 6.92 Å². The summed E-state index contributed by atoms with van der Waals surface area (Å²) >= 11 is 0. The standard InChI is InChI=1S/C14H15FN2O3/c1-8-7-16-12(9(2)20-8)13(18)17(14(16)19)11-5-3-10(15)4-6-11/h3-6,8-9,12H,7H2,1-2H3. The number of anilines is 1. The number of nitrogens with zero attached hydrogens (tertiary/aromatic N) is 2. The first kappa shape index (κ1) is 13.1. The van der Waals surface area contributed by atoms with Crippen LogP contribution in [0.3, 0.4) is 0 Å². The Morgan fingerprint density at radius 3 is 2.50 bits per heavy atom.